The smallest absolute Gasteiger partial charge is 0.227 e. The number of nitrogens with zero attached hydrogens (tertiary/aromatic N) is 1. The number of benzene rings is 1. The van der Waals surface area contributed by atoms with Crippen LogP contribution in [0.15, 0.2) is 48.7 Å². The predicted molar refractivity (Wildman–Crippen MR) is 86.7 cm³/mol. The van der Waals surface area contributed by atoms with Gasteiger partial charge >= 0.3 is 0 Å². The second-order valence-electron chi connectivity index (χ2n) is 4.99. The summed E-state index contributed by atoms with van der Waals surface area (Å²) in [6.45, 7) is 4.91. The second kappa shape index (κ2) is 8.17. The molecule has 1 amide bonds. The Morgan fingerprint density at radius 3 is 2.64 bits per heavy atom. The summed E-state index contributed by atoms with van der Waals surface area (Å²) in [6, 6.07) is 13.6. The van der Waals surface area contributed by atoms with Crippen molar-refractivity contribution in [2.75, 3.05) is 6.61 Å². The number of carbonyl (C=O) groups excluding carboxylic acids is 1. The van der Waals surface area contributed by atoms with Gasteiger partial charge in [0.05, 0.1) is 12.5 Å². The Balaban J connectivity index is 2.03. The van der Waals surface area contributed by atoms with E-state index in [2.05, 4.69) is 10.3 Å². The van der Waals surface area contributed by atoms with Crippen molar-refractivity contribution in [1.82, 2.24) is 10.3 Å². The molecular weight excluding hydrogens is 276 g/mol. The molecule has 2 aromatic rings. The van der Waals surface area contributed by atoms with Crippen LogP contribution in [0.2, 0.25) is 0 Å². The Morgan fingerprint density at radius 2 is 1.95 bits per heavy atom. The zero-order valence-electron chi connectivity index (χ0n) is 13.1. The third-order valence-electron chi connectivity index (χ3n) is 3.51. The first-order valence-corrected chi connectivity index (χ1v) is 7.65. The van der Waals surface area contributed by atoms with Gasteiger partial charge in [-0.2, -0.15) is 0 Å². The molecule has 0 bridgehead atoms. The predicted octanol–water partition coefficient (Wildman–Crippen LogP) is 3.29. The number of amides is 1. The fourth-order valence-electron chi connectivity index (χ4n) is 2.39. The third-order valence-corrected chi connectivity index (χ3v) is 3.51. The Kier molecular flexibility index (Phi) is 5.95. The van der Waals surface area contributed by atoms with Gasteiger partial charge in [0.2, 0.25) is 11.8 Å². The van der Waals surface area contributed by atoms with Crippen LogP contribution < -0.4 is 10.1 Å². The lowest BCUT2D eigenvalue weighted by Crippen LogP contribution is -2.29. The number of aromatic nitrogens is 1. The molecule has 4 heteroatoms. The summed E-state index contributed by atoms with van der Waals surface area (Å²) >= 11 is 0. The molecule has 1 atom stereocenters. The van der Waals surface area contributed by atoms with Crippen molar-refractivity contribution in [1.29, 1.82) is 0 Å². The van der Waals surface area contributed by atoms with Crippen molar-refractivity contribution in [3.8, 4) is 5.88 Å². The van der Waals surface area contributed by atoms with Gasteiger partial charge in [0, 0.05) is 18.3 Å². The number of nitrogens with one attached hydrogen (secondary N) is 1. The van der Waals surface area contributed by atoms with E-state index in [9.17, 15) is 4.79 Å². The van der Waals surface area contributed by atoms with Gasteiger partial charge in [0.25, 0.3) is 0 Å². The number of carbonyl (C=O) groups is 1. The third kappa shape index (κ3) is 4.07. The van der Waals surface area contributed by atoms with E-state index in [0.717, 1.165) is 17.5 Å². The first kappa shape index (κ1) is 16.0. The number of ether oxygens (including phenoxy) is 1. The highest BCUT2D eigenvalue weighted by atomic mass is 16.5. The molecule has 0 aliphatic heterocycles. The molecule has 0 radical (unpaired) electrons. The van der Waals surface area contributed by atoms with Gasteiger partial charge in [0.15, 0.2) is 0 Å². The Hall–Kier alpha value is -2.36. The highest BCUT2D eigenvalue weighted by Crippen LogP contribution is 2.20. The van der Waals surface area contributed by atoms with Crippen molar-refractivity contribution >= 4 is 5.91 Å². The zero-order valence-corrected chi connectivity index (χ0v) is 13.1. The van der Waals surface area contributed by atoms with Crippen LogP contribution in [-0.4, -0.2) is 17.5 Å². The molecule has 0 spiro atoms. The van der Waals surface area contributed by atoms with Crippen molar-refractivity contribution in [2.45, 2.75) is 32.7 Å². The average molecular weight is 298 g/mol. The van der Waals surface area contributed by atoms with Gasteiger partial charge in [-0.05, 0) is 25.0 Å². The number of pyridine rings is 1. The summed E-state index contributed by atoms with van der Waals surface area (Å²) in [5.41, 5.74) is 1.93. The van der Waals surface area contributed by atoms with Crippen LogP contribution in [0.3, 0.4) is 0 Å². The topological polar surface area (TPSA) is 51.2 Å². The Bertz CT molecular complexity index is 599. The van der Waals surface area contributed by atoms with Crippen LogP contribution in [0.1, 0.15) is 37.3 Å². The van der Waals surface area contributed by atoms with E-state index in [0.29, 0.717) is 19.0 Å². The van der Waals surface area contributed by atoms with E-state index in [1.54, 1.807) is 6.20 Å². The molecule has 4 nitrogen and oxygen atoms in total. The monoisotopic (exact) mass is 298 g/mol. The minimum Gasteiger partial charge on any atom is -0.478 e. The van der Waals surface area contributed by atoms with Gasteiger partial charge < -0.3 is 10.1 Å². The fourth-order valence-corrected chi connectivity index (χ4v) is 2.39. The van der Waals surface area contributed by atoms with Crippen LogP contribution in [-0.2, 0) is 11.3 Å². The Morgan fingerprint density at radius 1 is 1.18 bits per heavy atom. The first-order chi connectivity index (χ1) is 10.8. The normalized spacial score (nSPS) is 11.7. The lowest BCUT2D eigenvalue weighted by atomic mass is 9.95. The molecule has 0 fully saturated rings. The summed E-state index contributed by atoms with van der Waals surface area (Å²) in [5.74, 6) is 0.478. The number of hydrogen-bond acceptors (Lipinski definition) is 3. The van der Waals surface area contributed by atoms with Gasteiger partial charge in [0.1, 0.15) is 0 Å². The number of rotatable bonds is 7. The van der Waals surface area contributed by atoms with E-state index in [1.807, 2.05) is 56.3 Å². The summed E-state index contributed by atoms with van der Waals surface area (Å²) in [6.07, 6.45) is 2.45. The maximum absolute atomic E-state index is 12.4. The van der Waals surface area contributed by atoms with Crippen molar-refractivity contribution < 1.29 is 9.53 Å². The van der Waals surface area contributed by atoms with Crippen molar-refractivity contribution in [3.05, 3.63) is 59.8 Å². The maximum Gasteiger partial charge on any atom is 0.227 e. The maximum atomic E-state index is 12.4. The zero-order chi connectivity index (χ0) is 15.8. The molecule has 0 aliphatic rings. The largest absolute Gasteiger partial charge is 0.478 e. The Labute approximate surface area is 131 Å². The average Bonchev–Trinajstić information content (AvgIpc) is 2.56. The van der Waals surface area contributed by atoms with E-state index >= 15 is 0 Å². The van der Waals surface area contributed by atoms with E-state index in [4.69, 9.17) is 4.74 Å². The van der Waals surface area contributed by atoms with Crippen LogP contribution in [0, 0.1) is 0 Å². The first-order valence-electron chi connectivity index (χ1n) is 7.65. The highest BCUT2D eigenvalue weighted by Gasteiger charge is 2.18. The van der Waals surface area contributed by atoms with Crippen LogP contribution >= 0.6 is 0 Å². The number of hydrogen-bond donors (Lipinski definition) is 1. The SMILES string of the molecule is CCOc1ncccc1CNC(=O)C(CC)c1ccccc1. The molecule has 116 valence electrons. The van der Waals surface area contributed by atoms with E-state index < -0.39 is 0 Å². The molecule has 22 heavy (non-hydrogen) atoms. The van der Waals surface area contributed by atoms with E-state index in [1.165, 1.54) is 0 Å². The summed E-state index contributed by atoms with van der Waals surface area (Å²) in [7, 11) is 0. The molecule has 0 saturated heterocycles. The molecule has 0 saturated carbocycles. The second-order valence-corrected chi connectivity index (χ2v) is 4.99. The summed E-state index contributed by atoms with van der Waals surface area (Å²) in [5, 5.41) is 2.99. The van der Waals surface area contributed by atoms with E-state index in [-0.39, 0.29) is 11.8 Å². The molecule has 2 rings (SSSR count). The quantitative estimate of drug-likeness (QED) is 0.853. The molecule has 1 aromatic heterocycles. The lowest BCUT2D eigenvalue weighted by molar-refractivity contribution is -0.122. The highest BCUT2D eigenvalue weighted by molar-refractivity contribution is 5.83. The van der Waals surface area contributed by atoms with Gasteiger partial charge in [-0.3, -0.25) is 4.79 Å². The fraction of sp³-hybridized carbons (Fsp3) is 0.333. The van der Waals surface area contributed by atoms with Crippen molar-refractivity contribution in [2.24, 2.45) is 0 Å². The minimum absolute atomic E-state index is 0.0278. The summed E-state index contributed by atoms with van der Waals surface area (Å²) < 4.78 is 5.48. The molecule has 1 N–H and O–H groups in total. The van der Waals surface area contributed by atoms with Gasteiger partial charge in [-0.1, -0.05) is 43.3 Å². The molecule has 0 aliphatic carbocycles. The standard InChI is InChI=1S/C18H22N2O2/c1-3-16(14-9-6-5-7-10-14)17(21)20-13-15-11-8-12-19-18(15)22-4-2/h5-12,16H,3-4,13H2,1-2H3,(H,20,21). The van der Waals surface area contributed by atoms with Crippen LogP contribution in [0.5, 0.6) is 5.88 Å². The van der Waals surface area contributed by atoms with Crippen LogP contribution in [0.25, 0.3) is 0 Å². The van der Waals surface area contributed by atoms with Gasteiger partial charge in [-0.15, -0.1) is 0 Å². The van der Waals surface area contributed by atoms with Crippen LogP contribution in [0.4, 0.5) is 0 Å². The molecular formula is C18H22N2O2. The van der Waals surface area contributed by atoms with Gasteiger partial charge in [-0.25, -0.2) is 4.98 Å². The molecule has 1 unspecified atom stereocenters. The van der Waals surface area contributed by atoms with Crippen molar-refractivity contribution in [3.63, 3.8) is 0 Å². The minimum atomic E-state index is -0.131. The summed E-state index contributed by atoms with van der Waals surface area (Å²) in [4.78, 5) is 16.6. The molecule has 1 heterocycles. The lowest BCUT2D eigenvalue weighted by Gasteiger charge is -2.16. The molecule has 1 aromatic carbocycles.